The molecule has 2 aromatic rings. The minimum absolute atomic E-state index is 0.505. The highest BCUT2D eigenvalue weighted by Gasteiger charge is 2.19. The lowest BCUT2D eigenvalue weighted by molar-refractivity contribution is 0.301. The van der Waals surface area contributed by atoms with Crippen LogP contribution in [0.2, 0.25) is 0 Å². The Morgan fingerprint density at radius 1 is 1.14 bits per heavy atom. The Balaban J connectivity index is 1.70. The molecule has 0 unspecified atom stereocenters. The van der Waals surface area contributed by atoms with Gasteiger partial charge >= 0.3 is 0 Å². The molecule has 29 heavy (non-hydrogen) atoms. The summed E-state index contributed by atoms with van der Waals surface area (Å²) in [5.74, 6) is 3.79. The first-order chi connectivity index (χ1) is 14.1. The molecule has 2 heterocycles. The van der Waals surface area contributed by atoms with E-state index in [2.05, 4.69) is 39.7 Å². The van der Waals surface area contributed by atoms with Crippen molar-refractivity contribution in [2.45, 2.75) is 38.8 Å². The van der Waals surface area contributed by atoms with Crippen molar-refractivity contribution < 1.29 is 9.47 Å². The van der Waals surface area contributed by atoms with Gasteiger partial charge in [0.25, 0.3) is 0 Å². The lowest BCUT2D eigenvalue weighted by Crippen LogP contribution is -2.27. The third-order valence-corrected chi connectivity index (χ3v) is 5.20. The van der Waals surface area contributed by atoms with Gasteiger partial charge in [-0.1, -0.05) is 6.07 Å². The average molecular weight is 400 g/mol. The van der Waals surface area contributed by atoms with Gasteiger partial charge in [-0.3, -0.25) is 4.90 Å². The number of rotatable bonds is 9. The minimum Gasteiger partial charge on any atom is -0.493 e. The summed E-state index contributed by atoms with van der Waals surface area (Å²) >= 11 is 0. The molecule has 1 aromatic heterocycles. The SMILES string of the molecule is CCOc1ccc(CN(C)Cc2nc(NC)cc(C3CCNCC3)n2)cc1OC. The monoisotopic (exact) mass is 399 g/mol. The third-order valence-electron chi connectivity index (χ3n) is 5.20. The van der Waals surface area contributed by atoms with Crippen LogP contribution in [0, 0.1) is 0 Å². The number of hydrogen-bond acceptors (Lipinski definition) is 7. The molecule has 1 saturated heterocycles. The molecule has 0 radical (unpaired) electrons. The number of aromatic nitrogens is 2. The molecule has 0 spiro atoms. The predicted molar refractivity (Wildman–Crippen MR) is 116 cm³/mol. The van der Waals surface area contributed by atoms with Crippen LogP contribution in [0.3, 0.4) is 0 Å². The van der Waals surface area contributed by atoms with Crippen LogP contribution in [0.15, 0.2) is 24.3 Å². The normalized spacial score (nSPS) is 14.8. The second-order valence-corrected chi connectivity index (χ2v) is 7.46. The van der Waals surface area contributed by atoms with E-state index in [1.165, 1.54) is 0 Å². The fourth-order valence-electron chi connectivity index (χ4n) is 3.74. The van der Waals surface area contributed by atoms with Gasteiger partial charge in [-0.2, -0.15) is 0 Å². The second-order valence-electron chi connectivity index (χ2n) is 7.46. The lowest BCUT2D eigenvalue weighted by Gasteiger charge is -2.23. The molecule has 3 rings (SSSR count). The van der Waals surface area contributed by atoms with E-state index in [-0.39, 0.29) is 0 Å². The van der Waals surface area contributed by atoms with E-state index in [0.29, 0.717) is 19.1 Å². The molecule has 158 valence electrons. The van der Waals surface area contributed by atoms with Crippen molar-refractivity contribution in [3.63, 3.8) is 0 Å². The molecule has 1 fully saturated rings. The van der Waals surface area contributed by atoms with Crippen molar-refractivity contribution in [2.75, 3.05) is 46.2 Å². The van der Waals surface area contributed by atoms with Crippen molar-refractivity contribution >= 4 is 5.82 Å². The largest absolute Gasteiger partial charge is 0.493 e. The van der Waals surface area contributed by atoms with Crippen molar-refractivity contribution in [3.05, 3.63) is 41.3 Å². The Morgan fingerprint density at radius 3 is 2.62 bits per heavy atom. The van der Waals surface area contributed by atoms with Crippen molar-refractivity contribution in [3.8, 4) is 11.5 Å². The molecule has 0 saturated carbocycles. The van der Waals surface area contributed by atoms with Gasteiger partial charge in [-0.15, -0.1) is 0 Å². The summed E-state index contributed by atoms with van der Waals surface area (Å²) in [6, 6.07) is 8.18. The maximum atomic E-state index is 5.61. The average Bonchev–Trinajstić information content (AvgIpc) is 2.75. The maximum Gasteiger partial charge on any atom is 0.161 e. The topological polar surface area (TPSA) is 71.5 Å². The van der Waals surface area contributed by atoms with Gasteiger partial charge in [-0.05, 0) is 57.6 Å². The first-order valence-electron chi connectivity index (χ1n) is 10.4. The van der Waals surface area contributed by atoms with Gasteiger partial charge in [0.2, 0.25) is 0 Å². The van der Waals surface area contributed by atoms with Crippen LogP contribution in [-0.2, 0) is 13.1 Å². The van der Waals surface area contributed by atoms with Crippen molar-refractivity contribution in [2.24, 2.45) is 0 Å². The zero-order chi connectivity index (χ0) is 20.6. The van der Waals surface area contributed by atoms with Gasteiger partial charge in [-0.25, -0.2) is 9.97 Å². The van der Waals surface area contributed by atoms with Crippen LogP contribution in [0.4, 0.5) is 5.82 Å². The molecular weight excluding hydrogens is 366 g/mol. The van der Waals surface area contributed by atoms with E-state index in [4.69, 9.17) is 14.5 Å². The van der Waals surface area contributed by atoms with Crippen LogP contribution in [0.1, 0.15) is 42.8 Å². The molecule has 0 aliphatic carbocycles. The summed E-state index contributed by atoms with van der Waals surface area (Å²) in [6.45, 7) is 6.16. The van der Waals surface area contributed by atoms with Crippen molar-refractivity contribution in [1.82, 2.24) is 20.2 Å². The highest BCUT2D eigenvalue weighted by molar-refractivity contribution is 5.43. The van der Waals surface area contributed by atoms with Crippen LogP contribution >= 0.6 is 0 Å². The van der Waals surface area contributed by atoms with E-state index in [1.807, 2.05) is 26.1 Å². The standard InChI is InChI=1S/C22H33N5O2/c1-5-29-19-7-6-16(12-20(19)28-4)14-27(3)15-22-25-18(13-21(23-2)26-22)17-8-10-24-11-9-17/h6-7,12-13,17,24H,5,8-11,14-15H2,1-4H3,(H,23,25,26). The molecule has 2 N–H and O–H groups in total. The van der Waals surface area contributed by atoms with E-state index >= 15 is 0 Å². The summed E-state index contributed by atoms with van der Waals surface area (Å²) in [5, 5.41) is 6.61. The zero-order valence-corrected chi connectivity index (χ0v) is 18.0. The maximum absolute atomic E-state index is 5.61. The van der Waals surface area contributed by atoms with E-state index in [9.17, 15) is 0 Å². The summed E-state index contributed by atoms with van der Waals surface area (Å²) in [7, 11) is 5.67. The highest BCUT2D eigenvalue weighted by atomic mass is 16.5. The number of hydrogen-bond donors (Lipinski definition) is 2. The molecular formula is C22H33N5O2. The number of benzene rings is 1. The number of anilines is 1. The quantitative estimate of drug-likeness (QED) is 0.671. The molecule has 0 amide bonds. The highest BCUT2D eigenvalue weighted by Crippen LogP contribution is 2.29. The molecule has 0 bridgehead atoms. The van der Waals surface area contributed by atoms with Crippen molar-refractivity contribution in [1.29, 1.82) is 0 Å². The molecule has 1 aromatic carbocycles. The van der Waals surface area contributed by atoms with Gasteiger partial charge < -0.3 is 20.1 Å². The lowest BCUT2D eigenvalue weighted by atomic mass is 9.94. The van der Waals surface area contributed by atoms with Crippen LogP contribution < -0.4 is 20.1 Å². The molecule has 7 heteroatoms. The van der Waals surface area contributed by atoms with Gasteiger partial charge in [0, 0.05) is 31.3 Å². The fraction of sp³-hybridized carbons (Fsp3) is 0.545. The Hall–Kier alpha value is -2.38. The Morgan fingerprint density at radius 2 is 1.93 bits per heavy atom. The molecule has 0 atom stereocenters. The summed E-state index contributed by atoms with van der Waals surface area (Å²) in [6.07, 6.45) is 2.25. The van der Waals surface area contributed by atoms with Gasteiger partial charge in [0.1, 0.15) is 11.6 Å². The van der Waals surface area contributed by atoms with Crippen LogP contribution in [0.5, 0.6) is 11.5 Å². The third kappa shape index (κ3) is 5.81. The van der Waals surface area contributed by atoms with Crippen LogP contribution in [-0.4, -0.2) is 55.8 Å². The zero-order valence-electron chi connectivity index (χ0n) is 18.0. The molecule has 1 aliphatic rings. The number of nitrogens with one attached hydrogen (secondary N) is 2. The summed E-state index contributed by atoms with van der Waals surface area (Å²) in [5.41, 5.74) is 2.31. The minimum atomic E-state index is 0.505. The smallest absolute Gasteiger partial charge is 0.161 e. The molecule has 1 aliphatic heterocycles. The second kappa shape index (κ2) is 10.4. The van der Waals surface area contributed by atoms with E-state index in [0.717, 1.165) is 66.9 Å². The number of ether oxygens (including phenoxy) is 2. The number of piperidine rings is 1. The molecule has 7 nitrogen and oxygen atoms in total. The van der Waals surface area contributed by atoms with Crippen LogP contribution in [0.25, 0.3) is 0 Å². The number of nitrogens with zero attached hydrogens (tertiary/aromatic N) is 3. The summed E-state index contributed by atoms with van der Waals surface area (Å²) in [4.78, 5) is 11.8. The number of methoxy groups -OCH3 is 1. The predicted octanol–water partition coefficient (Wildman–Crippen LogP) is 3.02. The van der Waals surface area contributed by atoms with E-state index in [1.54, 1.807) is 7.11 Å². The first kappa shape index (κ1) is 21.3. The Labute approximate surface area is 173 Å². The van der Waals surface area contributed by atoms with E-state index < -0.39 is 0 Å². The fourth-order valence-corrected chi connectivity index (χ4v) is 3.74. The van der Waals surface area contributed by atoms with Gasteiger partial charge in [0.05, 0.1) is 20.3 Å². The summed E-state index contributed by atoms with van der Waals surface area (Å²) < 4.78 is 11.1. The first-order valence-corrected chi connectivity index (χ1v) is 10.4. The Kier molecular flexibility index (Phi) is 7.66. The van der Waals surface area contributed by atoms with Gasteiger partial charge in [0.15, 0.2) is 11.5 Å². The Bertz CT molecular complexity index is 793.